The standard InChI is InChI=1S/C55H96O6/c1-4-7-10-13-16-19-22-25-27-29-30-33-36-39-42-45-48-54(57)60-51-52(50-59-53(56)47-44-41-38-35-32-24-21-18-15-12-9-6-3)61-55(58)49-46-43-40-37-34-31-28-26-23-20-17-14-11-8-5-2/h9,12,17-18,20-21,23,26,32,35,52H,4-8,10-11,13-16,19,22,24-25,27-31,33-34,36-51H2,1-3H3/b12-9-,20-17-,21-18-,26-23-,35-32-. The number of rotatable bonds is 46. The van der Waals surface area contributed by atoms with Crippen molar-refractivity contribution in [2.75, 3.05) is 13.2 Å². The van der Waals surface area contributed by atoms with E-state index in [-0.39, 0.29) is 31.1 Å². The maximum absolute atomic E-state index is 12.8. The lowest BCUT2D eigenvalue weighted by Crippen LogP contribution is -2.30. The van der Waals surface area contributed by atoms with E-state index in [9.17, 15) is 14.4 Å². The molecule has 0 saturated heterocycles. The molecular formula is C55H96O6. The minimum Gasteiger partial charge on any atom is -0.462 e. The predicted octanol–water partition coefficient (Wildman–Crippen LogP) is 16.9. The normalized spacial score (nSPS) is 12.5. The van der Waals surface area contributed by atoms with Crippen molar-refractivity contribution in [1.29, 1.82) is 0 Å². The van der Waals surface area contributed by atoms with E-state index < -0.39 is 6.10 Å². The summed E-state index contributed by atoms with van der Waals surface area (Å²) in [6.45, 7) is 6.46. The summed E-state index contributed by atoms with van der Waals surface area (Å²) in [5, 5.41) is 0. The summed E-state index contributed by atoms with van der Waals surface area (Å²) in [4.78, 5) is 37.9. The van der Waals surface area contributed by atoms with Crippen LogP contribution in [0.2, 0.25) is 0 Å². The largest absolute Gasteiger partial charge is 0.462 e. The van der Waals surface area contributed by atoms with Crippen molar-refractivity contribution in [3.05, 3.63) is 60.8 Å². The molecular weight excluding hydrogens is 757 g/mol. The van der Waals surface area contributed by atoms with Crippen LogP contribution in [0.5, 0.6) is 0 Å². The summed E-state index contributed by atoms with van der Waals surface area (Å²) in [6.07, 6.45) is 60.6. The van der Waals surface area contributed by atoms with Gasteiger partial charge in [-0.25, -0.2) is 0 Å². The monoisotopic (exact) mass is 853 g/mol. The quantitative estimate of drug-likeness (QED) is 0.0200. The third-order valence-corrected chi connectivity index (χ3v) is 11.0. The zero-order chi connectivity index (χ0) is 44.4. The van der Waals surface area contributed by atoms with E-state index in [1.54, 1.807) is 0 Å². The van der Waals surface area contributed by atoms with Crippen molar-refractivity contribution in [1.82, 2.24) is 0 Å². The van der Waals surface area contributed by atoms with Crippen LogP contribution in [0.4, 0.5) is 0 Å². The van der Waals surface area contributed by atoms with Crippen molar-refractivity contribution in [3.8, 4) is 0 Å². The first kappa shape index (κ1) is 58.1. The highest BCUT2D eigenvalue weighted by atomic mass is 16.6. The molecule has 0 N–H and O–H groups in total. The lowest BCUT2D eigenvalue weighted by atomic mass is 10.0. The Hall–Kier alpha value is -2.89. The molecule has 0 saturated carbocycles. The number of esters is 3. The Labute approximate surface area is 377 Å². The fourth-order valence-electron chi connectivity index (χ4n) is 7.15. The third-order valence-electron chi connectivity index (χ3n) is 11.0. The number of carbonyl (C=O) groups excluding carboxylic acids is 3. The van der Waals surface area contributed by atoms with Crippen LogP contribution < -0.4 is 0 Å². The average Bonchev–Trinajstić information content (AvgIpc) is 3.26. The van der Waals surface area contributed by atoms with Crippen LogP contribution >= 0.6 is 0 Å². The van der Waals surface area contributed by atoms with Crippen molar-refractivity contribution < 1.29 is 28.6 Å². The van der Waals surface area contributed by atoms with Gasteiger partial charge < -0.3 is 14.2 Å². The second kappa shape index (κ2) is 49.8. The van der Waals surface area contributed by atoms with Crippen LogP contribution in [0.25, 0.3) is 0 Å². The van der Waals surface area contributed by atoms with Crippen LogP contribution in [-0.4, -0.2) is 37.2 Å². The number of hydrogen-bond acceptors (Lipinski definition) is 6. The number of unbranched alkanes of at least 4 members (excludes halogenated alkanes) is 26. The molecule has 0 rings (SSSR count). The van der Waals surface area contributed by atoms with Gasteiger partial charge in [0.05, 0.1) is 0 Å². The van der Waals surface area contributed by atoms with E-state index in [1.165, 1.54) is 122 Å². The summed E-state index contributed by atoms with van der Waals surface area (Å²) >= 11 is 0. The predicted molar refractivity (Wildman–Crippen MR) is 261 cm³/mol. The highest BCUT2D eigenvalue weighted by molar-refractivity contribution is 5.71. The summed E-state index contributed by atoms with van der Waals surface area (Å²) in [6, 6.07) is 0. The summed E-state index contributed by atoms with van der Waals surface area (Å²) < 4.78 is 16.8. The van der Waals surface area contributed by atoms with E-state index >= 15 is 0 Å². The summed E-state index contributed by atoms with van der Waals surface area (Å²) in [5.41, 5.74) is 0. The van der Waals surface area contributed by atoms with E-state index in [0.717, 1.165) is 89.9 Å². The molecule has 0 fully saturated rings. The van der Waals surface area contributed by atoms with Crippen LogP contribution in [0.3, 0.4) is 0 Å². The van der Waals surface area contributed by atoms with Crippen LogP contribution in [0.15, 0.2) is 60.8 Å². The van der Waals surface area contributed by atoms with Crippen molar-refractivity contribution in [3.63, 3.8) is 0 Å². The maximum atomic E-state index is 12.8. The van der Waals surface area contributed by atoms with Gasteiger partial charge >= 0.3 is 17.9 Å². The molecule has 0 bridgehead atoms. The minimum absolute atomic E-state index is 0.0893. The van der Waals surface area contributed by atoms with E-state index in [4.69, 9.17) is 14.2 Å². The fraction of sp³-hybridized carbons (Fsp3) is 0.764. The molecule has 0 spiro atoms. The Morgan fingerprint density at radius 3 is 1.16 bits per heavy atom. The van der Waals surface area contributed by atoms with Gasteiger partial charge in [-0.3, -0.25) is 14.4 Å². The topological polar surface area (TPSA) is 78.9 Å². The Bertz CT molecular complexity index is 1120. The van der Waals surface area contributed by atoms with Crippen molar-refractivity contribution in [2.24, 2.45) is 0 Å². The molecule has 1 atom stereocenters. The number of allylic oxidation sites excluding steroid dienone is 10. The summed E-state index contributed by atoms with van der Waals surface area (Å²) in [7, 11) is 0. The number of hydrogen-bond donors (Lipinski definition) is 0. The van der Waals surface area contributed by atoms with Crippen molar-refractivity contribution >= 4 is 17.9 Å². The number of carbonyl (C=O) groups is 3. The van der Waals surface area contributed by atoms with Crippen LogP contribution in [0.1, 0.15) is 252 Å². The Morgan fingerprint density at radius 2 is 0.689 bits per heavy atom. The second-order valence-electron chi connectivity index (χ2n) is 17.1. The molecule has 0 aromatic rings. The second-order valence-corrected chi connectivity index (χ2v) is 17.1. The molecule has 0 heterocycles. The molecule has 61 heavy (non-hydrogen) atoms. The highest BCUT2D eigenvalue weighted by Crippen LogP contribution is 2.15. The van der Waals surface area contributed by atoms with E-state index in [2.05, 4.69) is 81.5 Å². The Kier molecular flexibility index (Phi) is 47.4. The minimum atomic E-state index is -0.793. The van der Waals surface area contributed by atoms with Gasteiger partial charge in [0.25, 0.3) is 0 Å². The first-order valence-corrected chi connectivity index (χ1v) is 25.8. The van der Waals surface area contributed by atoms with Crippen LogP contribution in [-0.2, 0) is 28.6 Å². The fourth-order valence-corrected chi connectivity index (χ4v) is 7.15. The molecule has 352 valence electrons. The lowest BCUT2D eigenvalue weighted by molar-refractivity contribution is -0.167. The van der Waals surface area contributed by atoms with E-state index in [1.807, 2.05) is 0 Å². The molecule has 0 aliphatic carbocycles. The van der Waals surface area contributed by atoms with Gasteiger partial charge in [-0.05, 0) is 77.0 Å². The lowest BCUT2D eigenvalue weighted by Gasteiger charge is -2.18. The zero-order valence-electron chi connectivity index (χ0n) is 40.2. The first-order chi connectivity index (χ1) is 30.0. The Morgan fingerprint density at radius 1 is 0.361 bits per heavy atom. The third kappa shape index (κ3) is 48.0. The highest BCUT2D eigenvalue weighted by Gasteiger charge is 2.19. The van der Waals surface area contributed by atoms with E-state index in [0.29, 0.717) is 19.3 Å². The van der Waals surface area contributed by atoms with Gasteiger partial charge in [-0.2, -0.15) is 0 Å². The molecule has 6 heteroatoms. The number of ether oxygens (including phenoxy) is 3. The summed E-state index contributed by atoms with van der Waals surface area (Å²) in [5.74, 6) is -0.937. The van der Waals surface area contributed by atoms with Gasteiger partial charge in [0, 0.05) is 19.3 Å². The van der Waals surface area contributed by atoms with Gasteiger partial charge in [0.2, 0.25) is 0 Å². The van der Waals surface area contributed by atoms with Gasteiger partial charge in [-0.1, -0.05) is 216 Å². The molecule has 0 aliphatic heterocycles. The smallest absolute Gasteiger partial charge is 0.306 e. The van der Waals surface area contributed by atoms with Crippen LogP contribution in [0, 0.1) is 0 Å². The molecule has 0 aromatic heterocycles. The zero-order valence-corrected chi connectivity index (χ0v) is 40.2. The molecule has 0 amide bonds. The molecule has 1 unspecified atom stereocenters. The first-order valence-electron chi connectivity index (χ1n) is 25.8. The molecule has 6 nitrogen and oxygen atoms in total. The average molecular weight is 853 g/mol. The van der Waals surface area contributed by atoms with Gasteiger partial charge in [-0.15, -0.1) is 0 Å². The molecule has 0 aliphatic rings. The maximum Gasteiger partial charge on any atom is 0.306 e. The molecule has 0 radical (unpaired) electrons. The SMILES string of the molecule is CC/C=C\C/C=C\C/C=C\CCCCC(=O)OCC(COC(=O)CCCCCCCCCCCCCCCCCC)OC(=O)CCCCCCCC/C=C\C=C/CCCCC. The van der Waals surface area contributed by atoms with Crippen molar-refractivity contribution in [2.45, 2.75) is 258 Å². The Balaban J connectivity index is 4.41. The van der Waals surface area contributed by atoms with Gasteiger partial charge in [0.1, 0.15) is 13.2 Å². The molecule has 0 aromatic carbocycles. The van der Waals surface area contributed by atoms with Gasteiger partial charge in [0.15, 0.2) is 6.10 Å².